The van der Waals surface area contributed by atoms with E-state index in [4.69, 9.17) is 28.8 Å². The van der Waals surface area contributed by atoms with Crippen LogP contribution in [0.3, 0.4) is 0 Å². The lowest BCUT2D eigenvalue weighted by molar-refractivity contribution is -0.302. The molecule has 0 aliphatic carbocycles. The molecule has 1 aliphatic rings. The quantitative estimate of drug-likeness (QED) is 0.295. The number of hydrogen-bond acceptors (Lipinski definition) is 9. The lowest BCUT2D eigenvalue weighted by Gasteiger charge is -2.39. The van der Waals surface area contributed by atoms with Gasteiger partial charge < -0.3 is 44.1 Å². The average Bonchev–Trinajstić information content (AvgIpc) is 2.56. The van der Waals surface area contributed by atoms with Crippen LogP contribution in [0.15, 0.2) is 0 Å². The minimum atomic E-state index is -1.44. The summed E-state index contributed by atoms with van der Waals surface area (Å²) in [6, 6.07) is 0. The molecule has 23 heavy (non-hydrogen) atoms. The molecule has 1 aliphatic heterocycles. The Labute approximate surface area is 135 Å². The van der Waals surface area contributed by atoms with Gasteiger partial charge in [-0.1, -0.05) is 0 Å². The third-order valence-electron chi connectivity index (χ3n) is 3.31. The van der Waals surface area contributed by atoms with E-state index in [1.54, 1.807) is 0 Å². The van der Waals surface area contributed by atoms with Crippen molar-refractivity contribution < 1.29 is 44.1 Å². The minimum Gasteiger partial charge on any atom is -0.394 e. The highest BCUT2D eigenvalue weighted by Crippen LogP contribution is 2.21. The van der Waals surface area contributed by atoms with Crippen LogP contribution in [-0.2, 0) is 23.7 Å². The van der Waals surface area contributed by atoms with Crippen LogP contribution in [0.5, 0.6) is 0 Å². The molecule has 1 rings (SSSR count). The summed E-state index contributed by atoms with van der Waals surface area (Å²) in [4.78, 5) is 0. The van der Waals surface area contributed by atoms with Crippen LogP contribution in [0.2, 0.25) is 0 Å². The Morgan fingerprint density at radius 1 is 0.783 bits per heavy atom. The van der Waals surface area contributed by atoms with Gasteiger partial charge in [0.05, 0.1) is 46.2 Å². The minimum absolute atomic E-state index is 0.127. The van der Waals surface area contributed by atoms with Crippen molar-refractivity contribution in [2.45, 2.75) is 37.6 Å². The summed E-state index contributed by atoms with van der Waals surface area (Å²) in [6.07, 6.45) is -6.32. The van der Waals surface area contributed by atoms with E-state index in [9.17, 15) is 15.3 Å². The molecule has 1 heterocycles. The van der Waals surface area contributed by atoms with Crippen molar-refractivity contribution in [1.82, 2.24) is 0 Å². The molecule has 0 bridgehead atoms. The van der Waals surface area contributed by atoms with Crippen LogP contribution in [0.25, 0.3) is 0 Å². The van der Waals surface area contributed by atoms with E-state index in [1.807, 2.05) is 6.92 Å². The first-order valence-electron chi connectivity index (χ1n) is 7.77. The molecule has 0 aromatic heterocycles. The number of ether oxygens (including phenoxy) is 5. The van der Waals surface area contributed by atoms with Crippen molar-refractivity contribution in [2.75, 3.05) is 52.9 Å². The van der Waals surface area contributed by atoms with Crippen molar-refractivity contribution in [3.8, 4) is 0 Å². The molecule has 0 radical (unpaired) electrons. The number of aliphatic hydroxyl groups excluding tert-OH is 4. The molecule has 0 aromatic rings. The van der Waals surface area contributed by atoms with Crippen molar-refractivity contribution in [2.24, 2.45) is 0 Å². The summed E-state index contributed by atoms with van der Waals surface area (Å²) in [5.74, 6) is 0. The van der Waals surface area contributed by atoms with E-state index in [1.165, 1.54) is 0 Å². The molecule has 138 valence electrons. The molecule has 0 aromatic carbocycles. The predicted molar refractivity (Wildman–Crippen MR) is 77.9 cm³/mol. The first-order chi connectivity index (χ1) is 11.1. The number of hydrogen-bond donors (Lipinski definition) is 4. The summed E-state index contributed by atoms with van der Waals surface area (Å²) < 4.78 is 26.1. The second kappa shape index (κ2) is 12.1. The highest BCUT2D eigenvalue weighted by atomic mass is 16.7. The van der Waals surface area contributed by atoms with E-state index in [-0.39, 0.29) is 13.2 Å². The monoisotopic (exact) mass is 340 g/mol. The maximum absolute atomic E-state index is 9.75. The fourth-order valence-electron chi connectivity index (χ4n) is 2.01. The van der Waals surface area contributed by atoms with Crippen LogP contribution < -0.4 is 0 Å². The highest BCUT2D eigenvalue weighted by Gasteiger charge is 2.43. The molecule has 0 spiro atoms. The van der Waals surface area contributed by atoms with E-state index >= 15 is 0 Å². The van der Waals surface area contributed by atoms with Crippen molar-refractivity contribution in [3.63, 3.8) is 0 Å². The summed E-state index contributed by atoms with van der Waals surface area (Å²) in [7, 11) is 0. The number of rotatable bonds is 12. The molecule has 1 fully saturated rings. The standard InChI is InChI=1S/C14H28O9/c1-2-19-3-4-20-5-6-21-7-8-22-14-13(18)12(17)11(16)10(9-15)23-14/h10-18H,2-9H2,1H3/t10?,11-,12?,13?,14+/m1/s1. The Morgan fingerprint density at radius 3 is 1.91 bits per heavy atom. The zero-order valence-electron chi connectivity index (χ0n) is 13.4. The second-order valence-corrected chi connectivity index (χ2v) is 4.99. The van der Waals surface area contributed by atoms with Gasteiger partial charge in [0.15, 0.2) is 6.29 Å². The Morgan fingerprint density at radius 2 is 1.35 bits per heavy atom. The Balaban J connectivity index is 2.06. The van der Waals surface area contributed by atoms with Crippen LogP contribution >= 0.6 is 0 Å². The summed E-state index contributed by atoms with van der Waals surface area (Å²) in [5.41, 5.74) is 0. The van der Waals surface area contributed by atoms with Gasteiger partial charge in [-0.05, 0) is 6.92 Å². The molecule has 0 amide bonds. The topological polar surface area (TPSA) is 127 Å². The van der Waals surface area contributed by atoms with Crippen LogP contribution in [0.1, 0.15) is 6.92 Å². The van der Waals surface area contributed by atoms with Crippen molar-refractivity contribution >= 4 is 0 Å². The first-order valence-corrected chi connectivity index (χ1v) is 7.77. The average molecular weight is 340 g/mol. The van der Waals surface area contributed by atoms with Crippen LogP contribution in [-0.4, -0.2) is 104 Å². The Bertz CT molecular complexity index is 289. The Hall–Kier alpha value is -0.360. The van der Waals surface area contributed by atoms with Gasteiger partial charge in [0.2, 0.25) is 0 Å². The summed E-state index contributed by atoms with van der Waals surface area (Å²) in [6.45, 7) is 4.37. The van der Waals surface area contributed by atoms with Crippen molar-refractivity contribution in [1.29, 1.82) is 0 Å². The lowest BCUT2D eigenvalue weighted by atomic mass is 9.99. The molecule has 3 unspecified atom stereocenters. The highest BCUT2D eigenvalue weighted by molar-refractivity contribution is 4.88. The zero-order chi connectivity index (χ0) is 17.1. The predicted octanol–water partition coefficient (Wildman–Crippen LogP) is -2.13. The largest absolute Gasteiger partial charge is 0.394 e. The fourth-order valence-corrected chi connectivity index (χ4v) is 2.01. The summed E-state index contributed by atoms with van der Waals surface area (Å²) in [5, 5.41) is 38.0. The molecule has 0 saturated carbocycles. The van der Waals surface area contributed by atoms with Crippen molar-refractivity contribution in [3.05, 3.63) is 0 Å². The molecule has 9 nitrogen and oxygen atoms in total. The maximum atomic E-state index is 9.75. The zero-order valence-corrected chi connectivity index (χ0v) is 13.4. The van der Waals surface area contributed by atoms with Gasteiger partial charge in [0.25, 0.3) is 0 Å². The van der Waals surface area contributed by atoms with Gasteiger partial charge in [-0.2, -0.15) is 0 Å². The summed E-state index contributed by atoms with van der Waals surface area (Å²) >= 11 is 0. The van der Waals surface area contributed by atoms with Gasteiger partial charge >= 0.3 is 0 Å². The third-order valence-corrected chi connectivity index (χ3v) is 3.31. The van der Waals surface area contributed by atoms with E-state index in [2.05, 4.69) is 0 Å². The lowest BCUT2D eigenvalue weighted by Crippen LogP contribution is -2.59. The van der Waals surface area contributed by atoms with Crippen LogP contribution in [0, 0.1) is 0 Å². The van der Waals surface area contributed by atoms with Gasteiger partial charge in [-0.25, -0.2) is 0 Å². The molecular weight excluding hydrogens is 312 g/mol. The smallest absolute Gasteiger partial charge is 0.186 e. The second-order valence-electron chi connectivity index (χ2n) is 4.99. The molecular formula is C14H28O9. The molecule has 1 saturated heterocycles. The van der Waals surface area contributed by atoms with Gasteiger partial charge in [-0.15, -0.1) is 0 Å². The van der Waals surface area contributed by atoms with Crippen LogP contribution in [0.4, 0.5) is 0 Å². The van der Waals surface area contributed by atoms with Gasteiger partial charge in [0.1, 0.15) is 24.4 Å². The fraction of sp³-hybridized carbons (Fsp3) is 1.00. The van der Waals surface area contributed by atoms with E-state index in [0.29, 0.717) is 33.0 Å². The van der Waals surface area contributed by atoms with Gasteiger partial charge in [0, 0.05) is 6.61 Å². The Kier molecular flexibility index (Phi) is 10.9. The molecule has 9 heteroatoms. The first kappa shape index (κ1) is 20.7. The molecule has 5 atom stereocenters. The van der Waals surface area contributed by atoms with Gasteiger partial charge in [-0.3, -0.25) is 0 Å². The normalized spacial score (nSPS) is 31.4. The van der Waals surface area contributed by atoms with E-state index < -0.39 is 37.3 Å². The maximum Gasteiger partial charge on any atom is 0.186 e. The third kappa shape index (κ3) is 7.38. The van der Waals surface area contributed by atoms with E-state index in [0.717, 1.165) is 0 Å². The SMILES string of the molecule is CCOCCOCCOCCO[C@H]1OC(CO)[C@@H](O)C(O)C1O. The molecule has 4 N–H and O–H groups in total. The number of aliphatic hydroxyl groups is 4.